The highest BCUT2D eigenvalue weighted by Gasteiger charge is 2.16. The van der Waals surface area contributed by atoms with Crippen molar-refractivity contribution in [3.63, 3.8) is 0 Å². The molecule has 0 bridgehead atoms. The number of hydrogen-bond acceptors (Lipinski definition) is 19. The number of amides is 1. The van der Waals surface area contributed by atoms with Gasteiger partial charge in [-0.3, -0.25) is 9.78 Å². The fraction of sp³-hybridized carbons (Fsp3) is 0.145. The van der Waals surface area contributed by atoms with Gasteiger partial charge in [-0.25, -0.2) is 43.3 Å². The van der Waals surface area contributed by atoms with Crippen LogP contribution < -0.4 is 38.9 Å². The predicted molar refractivity (Wildman–Crippen MR) is 369 cm³/mol. The number of aryl methyl sites for hydroxylation is 1. The Hall–Kier alpha value is -7.82. The number of nitrogens with two attached hydrogens (primary N) is 5. The van der Waals surface area contributed by atoms with Crippen LogP contribution in [-0.4, -0.2) is 117 Å². The van der Waals surface area contributed by atoms with Gasteiger partial charge >= 0.3 is 0 Å². The number of halogens is 5. The second kappa shape index (κ2) is 32.4. The molecule has 1 aliphatic rings. The molecular formula is C62H61Br5N16O4S. The van der Waals surface area contributed by atoms with Crippen LogP contribution >= 0.6 is 79.6 Å². The first-order valence-electron chi connectivity index (χ1n) is 26.6. The van der Waals surface area contributed by atoms with Crippen LogP contribution in [-0.2, 0) is 9.84 Å². The summed E-state index contributed by atoms with van der Waals surface area (Å²) in [6, 6.07) is 35.7. The number of nitrogens with one attached hydrogen (secondary N) is 1. The minimum Gasteiger partial charge on any atom is -0.395 e. The topological polar surface area (TPSA) is 323 Å². The molecular weight excluding hydrogens is 1460 g/mol. The van der Waals surface area contributed by atoms with Crippen LogP contribution in [0.5, 0.6) is 0 Å². The number of likely N-dealkylation sites (N-methyl/N-ethyl adjacent to an activating group) is 1. The van der Waals surface area contributed by atoms with Gasteiger partial charge in [0.05, 0.1) is 11.5 Å². The van der Waals surface area contributed by atoms with E-state index in [1.54, 1.807) is 86.0 Å². The van der Waals surface area contributed by atoms with Crippen molar-refractivity contribution in [3.8, 4) is 55.6 Å². The Morgan fingerprint density at radius 2 is 0.864 bits per heavy atom. The van der Waals surface area contributed by atoms with Crippen LogP contribution in [0, 0.1) is 6.92 Å². The molecule has 0 atom stereocenters. The molecule has 0 unspecified atom stereocenters. The largest absolute Gasteiger partial charge is 0.395 e. The average molecular weight is 1530 g/mol. The summed E-state index contributed by atoms with van der Waals surface area (Å²) in [6.07, 6.45) is 16.2. The normalized spacial score (nSPS) is 11.9. The lowest BCUT2D eigenvalue weighted by atomic mass is 10.0. The van der Waals surface area contributed by atoms with Crippen molar-refractivity contribution in [1.82, 2.24) is 50.1 Å². The molecule has 20 nitrogen and oxygen atoms in total. The van der Waals surface area contributed by atoms with E-state index in [4.69, 9.17) is 33.8 Å². The lowest BCUT2D eigenvalue weighted by molar-refractivity contribution is 0.0944. The number of anilines is 6. The lowest BCUT2D eigenvalue weighted by Gasteiger charge is -2.34. The summed E-state index contributed by atoms with van der Waals surface area (Å²) in [5.41, 5.74) is 40.9. The third kappa shape index (κ3) is 19.8. The van der Waals surface area contributed by atoms with Crippen molar-refractivity contribution in [1.29, 1.82) is 0 Å². The fourth-order valence-corrected chi connectivity index (χ4v) is 10.6. The van der Waals surface area contributed by atoms with E-state index in [9.17, 15) is 13.2 Å². The van der Waals surface area contributed by atoms with Crippen molar-refractivity contribution in [2.45, 2.75) is 11.8 Å². The van der Waals surface area contributed by atoms with Crippen molar-refractivity contribution in [2.24, 2.45) is 0 Å². The van der Waals surface area contributed by atoms with E-state index >= 15 is 0 Å². The minimum absolute atomic E-state index is 0.0793. The van der Waals surface area contributed by atoms with E-state index in [1.165, 1.54) is 18.3 Å². The molecule has 1 fully saturated rings. The van der Waals surface area contributed by atoms with Crippen LogP contribution in [0.3, 0.4) is 0 Å². The van der Waals surface area contributed by atoms with Gasteiger partial charge < -0.3 is 48.9 Å². The number of nitrogens with zero attached hydrogens (tertiary/aromatic N) is 10. The maximum atomic E-state index is 11.7. The number of carbonyl (C=O) groups is 1. The van der Waals surface area contributed by atoms with E-state index in [-0.39, 0.29) is 24.0 Å². The maximum absolute atomic E-state index is 11.7. The molecule has 1 aliphatic heterocycles. The molecule has 88 heavy (non-hydrogen) atoms. The van der Waals surface area contributed by atoms with Crippen LogP contribution in [0.1, 0.15) is 16.1 Å². The van der Waals surface area contributed by atoms with Gasteiger partial charge in [-0.05, 0) is 183 Å². The first-order valence-corrected chi connectivity index (χ1v) is 32.5. The third-order valence-electron chi connectivity index (χ3n) is 13.0. The summed E-state index contributed by atoms with van der Waals surface area (Å²) < 4.78 is 27.1. The average Bonchev–Trinajstić information content (AvgIpc) is 3.72. The predicted octanol–water partition coefficient (Wildman–Crippen LogP) is 11.8. The Kier molecular flexibility index (Phi) is 24.9. The molecule has 0 spiro atoms. The Morgan fingerprint density at radius 3 is 1.24 bits per heavy atom. The summed E-state index contributed by atoms with van der Waals surface area (Å²) in [5, 5.41) is 11.3. The van der Waals surface area contributed by atoms with E-state index in [1.807, 2.05) is 61.5 Å². The van der Waals surface area contributed by atoms with Gasteiger partial charge in [0.1, 0.15) is 35.4 Å². The van der Waals surface area contributed by atoms with Gasteiger partial charge in [-0.2, -0.15) is 0 Å². The smallest absolute Gasteiger partial charge is 0.251 e. The Balaban J connectivity index is 0.000000158. The van der Waals surface area contributed by atoms with Gasteiger partial charge in [-0.15, -0.1) is 0 Å². The van der Waals surface area contributed by atoms with Crippen LogP contribution in [0.2, 0.25) is 0 Å². The van der Waals surface area contributed by atoms with Gasteiger partial charge in [0, 0.05) is 167 Å². The summed E-state index contributed by atoms with van der Waals surface area (Å²) >= 11 is 16.8. The fourth-order valence-electron chi connectivity index (χ4n) is 8.34. The number of carbonyl (C=O) groups excluding carboxylic acids is 1. The molecule has 1 saturated heterocycles. The van der Waals surface area contributed by atoms with Crippen molar-refractivity contribution in [3.05, 3.63) is 205 Å². The number of nitrogen functional groups attached to an aromatic ring is 5. The maximum Gasteiger partial charge on any atom is 0.251 e. The second-order valence-corrected chi connectivity index (χ2v) is 26.0. The van der Waals surface area contributed by atoms with E-state index in [2.05, 4.69) is 166 Å². The number of pyridine rings is 6. The van der Waals surface area contributed by atoms with E-state index in [0.29, 0.717) is 34.7 Å². The molecule has 0 radical (unpaired) electrons. The number of benzene rings is 3. The van der Waals surface area contributed by atoms with E-state index in [0.717, 1.165) is 110 Å². The quantitative estimate of drug-likeness (QED) is 0.0669. The minimum atomic E-state index is -3.18. The Labute approximate surface area is 552 Å². The number of aliphatic hydroxyl groups is 1. The molecule has 454 valence electrons. The summed E-state index contributed by atoms with van der Waals surface area (Å²) in [6.45, 7) is 6.50. The number of aromatic nitrogens is 8. The lowest BCUT2D eigenvalue weighted by Crippen LogP contribution is -2.44. The number of aliphatic hydroxyl groups excluding tert-OH is 1. The molecule has 26 heteroatoms. The highest BCUT2D eigenvalue weighted by Crippen LogP contribution is 2.32. The molecule has 7 aromatic heterocycles. The second-order valence-electron chi connectivity index (χ2n) is 19.4. The number of hydrogen-bond donors (Lipinski definition) is 7. The van der Waals surface area contributed by atoms with Crippen molar-refractivity contribution < 1.29 is 18.3 Å². The molecule has 3 aromatic carbocycles. The van der Waals surface area contributed by atoms with Crippen molar-refractivity contribution >= 4 is 130 Å². The molecule has 12 N–H and O–H groups in total. The zero-order valence-corrected chi connectivity index (χ0v) is 56.5. The van der Waals surface area contributed by atoms with Gasteiger partial charge in [0.15, 0.2) is 9.84 Å². The standard InChI is InChI=1S/C16H19BrN4.C14H14BrN3O2.C12H11BrN2O2S.C11H10BrN3.C9H7BrN4/c1-20-6-8-21(9-7-20)14-4-2-12(3-5-14)15-10-13(17)11-19-16(15)18;15-11-7-12(13(16)18-8-11)9-1-3-10(4-2-9)14(20)17-5-6-19;1-18(16,17)10-4-2-8(3-5-10)11-6-9(13)7-15-12(11)14;1-7-2-3-8(5-14-7)10-4-9(12)6-15-11(10)13;10-7-1-8(9(11)14-4-7)6-2-12-5-13-3-6/h2-5,10-11H,6-9H2,1H3,(H2,18,19);1-4,7-8,19H,5-6H2,(H2,16,18)(H,17,20);2-7H,1H3,(H2,14,15);2-6H,1H3,(H2,13,15);1-5H,(H2,11,14). The number of rotatable bonds is 10. The van der Waals surface area contributed by atoms with Crippen LogP contribution in [0.25, 0.3) is 55.6 Å². The summed E-state index contributed by atoms with van der Waals surface area (Å²) in [7, 11) is -1.01. The monoisotopic (exact) mass is 1520 g/mol. The molecule has 0 aliphatic carbocycles. The Bertz CT molecular complexity index is 4060. The molecule has 1 amide bonds. The third-order valence-corrected chi connectivity index (χ3v) is 16.3. The molecule has 0 saturated carbocycles. The SMILES string of the molecule is CN1CCN(c2ccc(-c3cc(Br)cnc3N)cc2)CC1.CS(=O)(=O)c1ccc(-c2cc(Br)cnc2N)cc1.Cc1ccc(-c2cc(Br)cnc2N)cn1.Nc1ncc(Br)cc1-c1ccc(C(=O)NCCO)cc1.Nc1ncc(Br)cc1-c1cncnc1. The number of sulfone groups is 1. The summed E-state index contributed by atoms with van der Waals surface area (Å²) in [4.78, 5) is 49.3. The molecule has 11 rings (SSSR count). The van der Waals surface area contributed by atoms with Gasteiger partial charge in [-0.1, -0.05) is 42.5 Å². The molecule has 8 heterocycles. The number of piperazine rings is 1. The zero-order chi connectivity index (χ0) is 63.5. The van der Waals surface area contributed by atoms with Crippen LogP contribution in [0.4, 0.5) is 34.8 Å². The van der Waals surface area contributed by atoms with Gasteiger partial charge in [0.25, 0.3) is 5.91 Å². The van der Waals surface area contributed by atoms with Crippen LogP contribution in [0.15, 0.2) is 198 Å². The highest BCUT2D eigenvalue weighted by molar-refractivity contribution is 9.11. The van der Waals surface area contributed by atoms with Gasteiger partial charge in [0.2, 0.25) is 0 Å². The Morgan fingerprint density at radius 1 is 0.500 bits per heavy atom. The zero-order valence-electron chi connectivity index (χ0n) is 47.7. The van der Waals surface area contributed by atoms with E-state index < -0.39 is 9.84 Å². The summed E-state index contributed by atoms with van der Waals surface area (Å²) in [5.74, 6) is 2.18. The highest BCUT2D eigenvalue weighted by atomic mass is 79.9. The van der Waals surface area contributed by atoms with Crippen molar-refractivity contribution in [2.75, 3.05) is 86.2 Å². The first kappa shape index (κ1) is 67.7. The molecule has 10 aromatic rings. The first-order chi connectivity index (χ1) is 42.1.